The van der Waals surface area contributed by atoms with E-state index in [1.165, 1.54) is 6.33 Å². The normalized spacial score (nSPS) is 18.0. The fourth-order valence-corrected chi connectivity index (χ4v) is 4.49. The van der Waals surface area contributed by atoms with Gasteiger partial charge in [-0.1, -0.05) is 42.5 Å². The first-order valence-electron chi connectivity index (χ1n) is 11.1. The van der Waals surface area contributed by atoms with Crippen LogP contribution in [0, 0.1) is 6.92 Å². The number of aliphatic hydroxyl groups excluding tert-OH is 1. The second-order valence-corrected chi connectivity index (χ2v) is 8.57. The lowest BCUT2D eigenvalue weighted by Gasteiger charge is -2.10. The standard InChI is InChI=1S/C25H26N6O2/c1-15-4-2-3-5-20(15)25(33)27-13-16-6-8-17(9-7-16)22-21-23(26)28-14-29-24(21)31(30-22)18-10-11-19(32)12-18/h2-9,14,18-19,32H,10-13H2,1H3,(H,27,33)(H2,26,28,29)/t18-,19+/m1/s1. The third kappa shape index (κ3) is 4.05. The predicted molar refractivity (Wildman–Crippen MR) is 126 cm³/mol. The maximum atomic E-state index is 12.5. The second-order valence-electron chi connectivity index (χ2n) is 8.57. The number of fused-ring (bicyclic) bond motifs is 1. The van der Waals surface area contributed by atoms with Crippen LogP contribution in [0.25, 0.3) is 22.3 Å². The summed E-state index contributed by atoms with van der Waals surface area (Å²) in [6.07, 6.45) is 3.39. The number of aryl methyl sites for hydroxylation is 1. The molecule has 2 aromatic heterocycles. The summed E-state index contributed by atoms with van der Waals surface area (Å²) in [6.45, 7) is 2.35. The van der Waals surface area contributed by atoms with E-state index in [4.69, 9.17) is 10.8 Å². The average Bonchev–Trinajstić information content (AvgIpc) is 3.42. The molecule has 4 N–H and O–H groups in total. The van der Waals surface area contributed by atoms with Crippen molar-refractivity contribution in [1.29, 1.82) is 0 Å². The lowest BCUT2D eigenvalue weighted by molar-refractivity contribution is 0.0950. The summed E-state index contributed by atoms with van der Waals surface area (Å²) in [5, 5.41) is 18.5. The first-order valence-corrected chi connectivity index (χ1v) is 11.1. The van der Waals surface area contributed by atoms with E-state index in [1.807, 2.05) is 60.1 Å². The van der Waals surface area contributed by atoms with Gasteiger partial charge in [-0.3, -0.25) is 4.79 Å². The van der Waals surface area contributed by atoms with Gasteiger partial charge in [0.1, 0.15) is 17.8 Å². The maximum Gasteiger partial charge on any atom is 0.251 e. The molecule has 0 unspecified atom stereocenters. The van der Waals surface area contributed by atoms with Crippen LogP contribution < -0.4 is 11.1 Å². The molecule has 4 aromatic rings. The Bertz CT molecular complexity index is 1310. The number of amides is 1. The van der Waals surface area contributed by atoms with E-state index in [0.29, 0.717) is 30.0 Å². The Morgan fingerprint density at radius 3 is 2.67 bits per heavy atom. The zero-order valence-corrected chi connectivity index (χ0v) is 18.4. The molecular weight excluding hydrogens is 416 g/mol. The van der Waals surface area contributed by atoms with Crippen LogP contribution in [-0.4, -0.2) is 36.9 Å². The number of benzene rings is 2. The number of anilines is 1. The Balaban J connectivity index is 1.39. The number of aliphatic hydroxyl groups is 1. The molecule has 33 heavy (non-hydrogen) atoms. The number of carbonyl (C=O) groups excluding carboxylic acids is 1. The topological polar surface area (TPSA) is 119 Å². The molecule has 1 saturated carbocycles. The van der Waals surface area contributed by atoms with Crippen molar-refractivity contribution in [3.8, 4) is 11.3 Å². The lowest BCUT2D eigenvalue weighted by Crippen LogP contribution is -2.23. The molecule has 5 rings (SSSR count). The van der Waals surface area contributed by atoms with Gasteiger partial charge in [-0.2, -0.15) is 5.10 Å². The summed E-state index contributed by atoms with van der Waals surface area (Å²) >= 11 is 0. The van der Waals surface area contributed by atoms with Crippen molar-refractivity contribution in [3.63, 3.8) is 0 Å². The summed E-state index contributed by atoms with van der Waals surface area (Å²) in [4.78, 5) is 21.1. The highest BCUT2D eigenvalue weighted by molar-refractivity contribution is 5.98. The van der Waals surface area contributed by atoms with Crippen molar-refractivity contribution < 1.29 is 9.90 Å². The smallest absolute Gasteiger partial charge is 0.251 e. The first-order chi connectivity index (χ1) is 16.0. The first kappa shape index (κ1) is 21.1. The molecule has 168 valence electrons. The molecule has 1 amide bonds. The Hall–Kier alpha value is -3.78. The molecule has 0 radical (unpaired) electrons. The van der Waals surface area contributed by atoms with Crippen LogP contribution in [0.4, 0.5) is 5.82 Å². The van der Waals surface area contributed by atoms with Crippen LogP contribution in [0.2, 0.25) is 0 Å². The highest BCUT2D eigenvalue weighted by atomic mass is 16.3. The van der Waals surface area contributed by atoms with Crippen LogP contribution >= 0.6 is 0 Å². The third-order valence-electron chi connectivity index (χ3n) is 6.31. The van der Waals surface area contributed by atoms with Gasteiger partial charge in [0, 0.05) is 17.7 Å². The Labute approximate surface area is 191 Å². The zero-order chi connectivity index (χ0) is 22.9. The minimum atomic E-state index is -0.314. The van der Waals surface area contributed by atoms with Gasteiger partial charge < -0.3 is 16.2 Å². The summed E-state index contributed by atoms with van der Waals surface area (Å²) in [5.41, 5.74) is 11.1. The van der Waals surface area contributed by atoms with Gasteiger partial charge in [0.25, 0.3) is 5.91 Å². The average molecular weight is 443 g/mol. The number of nitrogen functional groups attached to an aromatic ring is 1. The molecule has 0 spiro atoms. The van der Waals surface area contributed by atoms with Gasteiger partial charge in [0.2, 0.25) is 0 Å². The largest absolute Gasteiger partial charge is 0.393 e. The van der Waals surface area contributed by atoms with Crippen LogP contribution in [0.5, 0.6) is 0 Å². The number of nitrogens with two attached hydrogens (primary N) is 1. The lowest BCUT2D eigenvalue weighted by atomic mass is 10.1. The molecule has 2 heterocycles. The van der Waals surface area contributed by atoms with E-state index in [9.17, 15) is 9.90 Å². The molecule has 0 saturated heterocycles. The molecular formula is C25H26N6O2. The van der Waals surface area contributed by atoms with Crippen molar-refractivity contribution in [3.05, 3.63) is 71.5 Å². The summed E-state index contributed by atoms with van der Waals surface area (Å²) in [5.74, 6) is 0.292. The molecule has 0 bridgehead atoms. The van der Waals surface area contributed by atoms with E-state index in [0.717, 1.165) is 40.6 Å². The second kappa shape index (κ2) is 8.63. The molecule has 2 atom stereocenters. The molecule has 8 heteroatoms. The number of hydrogen-bond acceptors (Lipinski definition) is 6. The van der Waals surface area contributed by atoms with Crippen molar-refractivity contribution in [2.45, 2.75) is 44.9 Å². The summed E-state index contributed by atoms with van der Waals surface area (Å²) < 4.78 is 1.88. The molecule has 1 aliphatic rings. The van der Waals surface area contributed by atoms with Gasteiger partial charge in [-0.15, -0.1) is 0 Å². The fraction of sp³-hybridized carbons (Fsp3) is 0.280. The Morgan fingerprint density at radius 2 is 1.94 bits per heavy atom. The molecule has 8 nitrogen and oxygen atoms in total. The highest BCUT2D eigenvalue weighted by Gasteiger charge is 2.28. The molecule has 1 aliphatic carbocycles. The Morgan fingerprint density at radius 1 is 1.15 bits per heavy atom. The monoisotopic (exact) mass is 442 g/mol. The van der Waals surface area contributed by atoms with Crippen LogP contribution in [0.15, 0.2) is 54.9 Å². The van der Waals surface area contributed by atoms with Crippen molar-refractivity contribution >= 4 is 22.8 Å². The van der Waals surface area contributed by atoms with Crippen LogP contribution in [0.1, 0.15) is 46.8 Å². The van der Waals surface area contributed by atoms with Crippen molar-refractivity contribution in [2.24, 2.45) is 0 Å². The predicted octanol–water partition coefficient (Wildman–Crippen LogP) is 3.40. The molecule has 1 fully saturated rings. The minimum Gasteiger partial charge on any atom is -0.393 e. The number of hydrogen-bond donors (Lipinski definition) is 3. The Kier molecular flexibility index (Phi) is 5.51. The summed E-state index contributed by atoms with van der Waals surface area (Å²) in [6, 6.07) is 15.5. The van der Waals surface area contributed by atoms with Gasteiger partial charge in [-0.25, -0.2) is 14.6 Å². The van der Waals surface area contributed by atoms with Crippen molar-refractivity contribution in [2.75, 3.05) is 5.73 Å². The summed E-state index contributed by atoms with van der Waals surface area (Å²) in [7, 11) is 0. The quantitative estimate of drug-likeness (QED) is 0.436. The number of aromatic nitrogens is 4. The van der Waals surface area contributed by atoms with E-state index in [2.05, 4.69) is 15.3 Å². The van der Waals surface area contributed by atoms with E-state index >= 15 is 0 Å². The number of nitrogens with zero attached hydrogens (tertiary/aromatic N) is 4. The van der Waals surface area contributed by atoms with Gasteiger partial charge >= 0.3 is 0 Å². The molecule has 0 aliphatic heterocycles. The van der Waals surface area contributed by atoms with Crippen molar-refractivity contribution in [1.82, 2.24) is 25.1 Å². The van der Waals surface area contributed by atoms with E-state index in [1.54, 1.807) is 0 Å². The van der Waals surface area contributed by atoms with Gasteiger partial charge in [0.05, 0.1) is 17.5 Å². The SMILES string of the molecule is Cc1ccccc1C(=O)NCc1ccc(-c2nn([C@@H]3CC[C@H](O)C3)c3ncnc(N)c23)cc1. The van der Waals surface area contributed by atoms with E-state index in [-0.39, 0.29) is 18.1 Å². The number of rotatable bonds is 5. The number of nitrogens with one attached hydrogen (secondary N) is 1. The molecule has 2 aromatic carbocycles. The highest BCUT2D eigenvalue weighted by Crippen LogP contribution is 2.36. The van der Waals surface area contributed by atoms with Crippen LogP contribution in [0.3, 0.4) is 0 Å². The fourth-order valence-electron chi connectivity index (χ4n) is 4.49. The van der Waals surface area contributed by atoms with E-state index < -0.39 is 0 Å². The van der Waals surface area contributed by atoms with Gasteiger partial charge in [0.15, 0.2) is 5.65 Å². The minimum absolute atomic E-state index is 0.0847. The van der Waals surface area contributed by atoms with Gasteiger partial charge in [-0.05, 0) is 43.4 Å². The maximum absolute atomic E-state index is 12.5. The third-order valence-corrected chi connectivity index (χ3v) is 6.31. The number of carbonyl (C=O) groups is 1. The van der Waals surface area contributed by atoms with Crippen LogP contribution in [-0.2, 0) is 6.54 Å². The zero-order valence-electron chi connectivity index (χ0n) is 18.4.